The third-order valence-electron chi connectivity index (χ3n) is 5.69. The van der Waals surface area contributed by atoms with E-state index in [0.29, 0.717) is 0 Å². The number of hydrogen-bond acceptors (Lipinski definition) is 0. The second kappa shape index (κ2) is 2.92. The summed E-state index contributed by atoms with van der Waals surface area (Å²) >= 11 is 0. The minimum Gasteiger partial charge on any atom is -0.0564 e. The van der Waals surface area contributed by atoms with Crippen molar-refractivity contribution in [1.29, 1.82) is 0 Å². The van der Waals surface area contributed by atoms with Crippen molar-refractivity contribution in [3.05, 3.63) is 93.5 Å². The van der Waals surface area contributed by atoms with Crippen LogP contribution in [-0.4, -0.2) is 0 Å². The molecule has 1 unspecified atom stereocenters. The van der Waals surface area contributed by atoms with Gasteiger partial charge < -0.3 is 0 Å². The summed E-state index contributed by atoms with van der Waals surface area (Å²) in [5.41, 5.74) is 11.6. The van der Waals surface area contributed by atoms with E-state index in [0.717, 1.165) is 0 Å². The largest absolute Gasteiger partial charge is 0.0940 e. The van der Waals surface area contributed by atoms with E-state index in [9.17, 15) is 0 Å². The maximum Gasteiger partial charge on any atom is 0.0940 e. The van der Waals surface area contributed by atoms with Crippen molar-refractivity contribution in [2.24, 2.45) is 0 Å². The first-order valence-corrected chi connectivity index (χ1v) is 7.55. The lowest BCUT2D eigenvalue weighted by atomic mass is 9.64. The molecule has 0 nitrogen and oxygen atoms in total. The Morgan fingerprint density at radius 3 is 2.71 bits per heavy atom. The third kappa shape index (κ3) is 0.900. The van der Waals surface area contributed by atoms with Gasteiger partial charge in [-0.1, -0.05) is 24.3 Å². The lowest BCUT2D eigenvalue weighted by molar-refractivity contribution is 0.686. The molecule has 0 heterocycles. The predicted molar refractivity (Wildman–Crippen MR) is 87.3 cm³/mol. The highest BCUT2D eigenvalue weighted by atomic mass is 14.5. The number of allylic oxidation sites excluding steroid dienone is 10. The van der Waals surface area contributed by atoms with E-state index in [1.165, 1.54) is 50.5 Å². The van der Waals surface area contributed by atoms with Crippen LogP contribution < -0.4 is 0 Å². The van der Waals surface area contributed by atoms with Crippen LogP contribution in [0, 0.1) is 5.92 Å². The average Bonchev–Trinajstić information content (AvgIpc) is 2.81. The molecule has 0 aromatic heterocycles. The highest BCUT2D eigenvalue weighted by Crippen LogP contribution is 2.63. The first-order valence-electron chi connectivity index (χ1n) is 7.55. The van der Waals surface area contributed by atoms with Crippen molar-refractivity contribution in [3.8, 4) is 0 Å². The molecule has 6 rings (SSSR count). The van der Waals surface area contributed by atoms with Crippen molar-refractivity contribution in [2.45, 2.75) is 12.3 Å². The van der Waals surface area contributed by atoms with Gasteiger partial charge in [-0.3, -0.25) is 0 Å². The summed E-state index contributed by atoms with van der Waals surface area (Å²) in [6.07, 6.45) is 18.3. The van der Waals surface area contributed by atoms with Gasteiger partial charge in [0.05, 0.1) is 28.0 Å². The van der Waals surface area contributed by atoms with Crippen LogP contribution in [0.15, 0.2) is 65.3 Å². The van der Waals surface area contributed by atoms with Gasteiger partial charge in [-0.25, -0.2) is 0 Å². The van der Waals surface area contributed by atoms with Gasteiger partial charge in [-0.05, 0) is 30.2 Å². The van der Waals surface area contributed by atoms with E-state index in [1.54, 1.807) is 0 Å². The van der Waals surface area contributed by atoms with Crippen molar-refractivity contribution >= 4 is 17.7 Å². The Bertz CT molecular complexity index is 940. The predicted octanol–water partition coefficient (Wildman–Crippen LogP) is 4.78. The Balaban J connectivity index is 1.92. The normalized spacial score (nSPS) is 28.1. The van der Waals surface area contributed by atoms with E-state index >= 15 is 0 Å². The molecule has 1 atom stereocenters. The van der Waals surface area contributed by atoms with E-state index in [1.807, 2.05) is 0 Å². The molecule has 21 heavy (non-hydrogen) atoms. The summed E-state index contributed by atoms with van der Waals surface area (Å²) in [4.78, 5) is 0. The summed E-state index contributed by atoms with van der Waals surface area (Å²) in [6.45, 7) is 2.41. The Morgan fingerprint density at radius 1 is 0.905 bits per heavy atom. The van der Waals surface area contributed by atoms with Gasteiger partial charge in [0.25, 0.3) is 0 Å². The zero-order valence-electron chi connectivity index (χ0n) is 11.8. The molecule has 0 fully saturated rings. The first-order chi connectivity index (χ1) is 10.3. The zero-order valence-corrected chi connectivity index (χ0v) is 11.8. The Kier molecular flexibility index (Phi) is 1.43. The minimum atomic E-state index is 0.0386. The smallest absolute Gasteiger partial charge is 0.0564 e. The molecule has 0 heteroatoms. The van der Waals surface area contributed by atoms with E-state index < -0.39 is 0 Å². The van der Waals surface area contributed by atoms with Crippen LogP contribution in [-0.2, 0) is 5.41 Å². The average molecular weight is 265 g/mol. The molecule has 0 aliphatic heterocycles. The molecular weight excluding hydrogens is 252 g/mol. The van der Waals surface area contributed by atoms with E-state index in [-0.39, 0.29) is 5.41 Å². The van der Waals surface area contributed by atoms with Gasteiger partial charge in [0.1, 0.15) is 0 Å². The van der Waals surface area contributed by atoms with Crippen LogP contribution in [0.3, 0.4) is 0 Å². The molecule has 0 radical (unpaired) electrons. The summed E-state index contributed by atoms with van der Waals surface area (Å²) in [5, 5.41) is 0. The first kappa shape index (κ1) is 10.3. The standard InChI is InChI=1S/C21H13/c1-21-16-10-8-14-6-4-12-2-3-13-5-7-15(9-11-16)20(21)18(13)17(12)19(14)21/h2-11H,1H3/q+1. The fourth-order valence-electron chi connectivity index (χ4n) is 4.78. The summed E-state index contributed by atoms with van der Waals surface area (Å²) in [6, 6.07) is 4.56. The Morgan fingerprint density at radius 2 is 1.76 bits per heavy atom. The summed E-state index contributed by atoms with van der Waals surface area (Å²) < 4.78 is 0. The SMILES string of the molecule is CC12C3=CC=C4C=C[C+]5C=Cc6ccc(c1c6C5=C42)C=C3. The Hall–Kier alpha value is -2.47. The van der Waals surface area contributed by atoms with Gasteiger partial charge in [-0.2, -0.15) is 0 Å². The molecule has 5 aliphatic rings. The quantitative estimate of drug-likeness (QED) is 0.592. The van der Waals surface area contributed by atoms with Crippen LogP contribution >= 0.6 is 0 Å². The van der Waals surface area contributed by atoms with Crippen molar-refractivity contribution in [1.82, 2.24) is 0 Å². The molecule has 1 aromatic carbocycles. The molecule has 0 bridgehead atoms. The van der Waals surface area contributed by atoms with Crippen molar-refractivity contribution in [2.75, 3.05) is 0 Å². The second-order valence-electron chi connectivity index (χ2n) is 6.57. The maximum absolute atomic E-state index is 2.41. The van der Waals surface area contributed by atoms with E-state index in [2.05, 4.69) is 67.7 Å². The second-order valence-corrected chi connectivity index (χ2v) is 6.57. The molecule has 0 saturated carbocycles. The fraction of sp³-hybridized carbons (Fsp3) is 0.0952. The fourth-order valence-corrected chi connectivity index (χ4v) is 4.78. The van der Waals surface area contributed by atoms with Crippen molar-refractivity contribution in [3.63, 3.8) is 0 Å². The lowest BCUT2D eigenvalue weighted by Gasteiger charge is -2.35. The molecule has 0 saturated heterocycles. The van der Waals surface area contributed by atoms with Gasteiger partial charge in [-0.15, -0.1) is 0 Å². The maximum atomic E-state index is 2.41. The lowest BCUT2D eigenvalue weighted by Crippen LogP contribution is -2.30. The number of hydrogen-bond donors (Lipinski definition) is 0. The van der Waals surface area contributed by atoms with Gasteiger partial charge in [0.2, 0.25) is 0 Å². The van der Waals surface area contributed by atoms with Crippen LogP contribution in [0.1, 0.15) is 29.2 Å². The highest BCUT2D eigenvalue weighted by Gasteiger charge is 2.55. The minimum absolute atomic E-state index is 0.0386. The monoisotopic (exact) mass is 265 g/mol. The van der Waals surface area contributed by atoms with Crippen LogP contribution in [0.5, 0.6) is 0 Å². The topological polar surface area (TPSA) is 0 Å². The molecular formula is C21H13+. The summed E-state index contributed by atoms with van der Waals surface area (Å²) in [7, 11) is 0. The van der Waals surface area contributed by atoms with Gasteiger partial charge >= 0.3 is 0 Å². The number of benzene rings is 1. The zero-order chi connectivity index (χ0) is 13.8. The molecule has 0 spiro atoms. The van der Waals surface area contributed by atoms with Gasteiger partial charge in [0.15, 0.2) is 0 Å². The molecule has 0 N–H and O–H groups in total. The molecule has 1 aromatic rings. The van der Waals surface area contributed by atoms with Crippen LogP contribution in [0.4, 0.5) is 0 Å². The third-order valence-corrected chi connectivity index (χ3v) is 5.69. The van der Waals surface area contributed by atoms with Crippen LogP contribution in [0.25, 0.3) is 17.7 Å². The van der Waals surface area contributed by atoms with Crippen LogP contribution in [0.2, 0.25) is 0 Å². The van der Waals surface area contributed by atoms with E-state index in [4.69, 9.17) is 0 Å². The Labute approximate surface area is 124 Å². The van der Waals surface area contributed by atoms with Crippen molar-refractivity contribution < 1.29 is 0 Å². The molecule has 0 amide bonds. The molecule has 96 valence electrons. The molecule has 5 aliphatic carbocycles. The summed E-state index contributed by atoms with van der Waals surface area (Å²) in [5.74, 6) is 1.37. The number of rotatable bonds is 0. The highest BCUT2D eigenvalue weighted by molar-refractivity contribution is 6.04. The van der Waals surface area contributed by atoms with Gasteiger partial charge in [0, 0.05) is 41.0 Å².